The Balaban J connectivity index is 2.45. The third-order valence-corrected chi connectivity index (χ3v) is 4.70. The van der Waals surface area contributed by atoms with E-state index in [-0.39, 0.29) is 5.92 Å². The summed E-state index contributed by atoms with van der Waals surface area (Å²) in [5, 5.41) is 15.6. The average Bonchev–Trinajstić information content (AvgIpc) is 2.80. The zero-order valence-corrected chi connectivity index (χ0v) is 12.5. The number of ether oxygens (including phenoxy) is 1. The van der Waals surface area contributed by atoms with Gasteiger partial charge in [0.2, 0.25) is 0 Å². The van der Waals surface area contributed by atoms with E-state index in [1.807, 2.05) is 4.68 Å². The van der Waals surface area contributed by atoms with E-state index in [0.717, 1.165) is 37.3 Å². The minimum Gasteiger partial charge on any atom is -0.493 e. The van der Waals surface area contributed by atoms with Crippen molar-refractivity contribution in [1.82, 2.24) is 9.78 Å². The minimum atomic E-state index is -0.811. The van der Waals surface area contributed by atoms with Crippen molar-refractivity contribution in [1.29, 1.82) is 0 Å². The molecule has 0 saturated heterocycles. The average molecular weight is 266 g/mol. The van der Waals surface area contributed by atoms with E-state index >= 15 is 0 Å². The Morgan fingerprint density at radius 1 is 1.53 bits per heavy atom. The lowest BCUT2D eigenvalue weighted by Gasteiger charge is -2.42. The van der Waals surface area contributed by atoms with E-state index in [9.17, 15) is 5.11 Å². The van der Waals surface area contributed by atoms with Crippen LogP contribution in [0.25, 0.3) is 0 Å². The Labute approximate surface area is 115 Å². The number of aromatic nitrogens is 2. The molecule has 0 aromatic carbocycles. The smallest absolute Gasteiger partial charge is 0.162 e. The van der Waals surface area contributed by atoms with Gasteiger partial charge in [0.25, 0.3) is 0 Å². The first kappa shape index (κ1) is 14.4. The molecule has 0 aliphatic heterocycles. The first-order chi connectivity index (χ1) is 9.04. The highest BCUT2D eigenvalue weighted by atomic mass is 16.5. The maximum atomic E-state index is 11.2. The zero-order chi connectivity index (χ0) is 14.0. The van der Waals surface area contributed by atoms with Crippen molar-refractivity contribution in [2.45, 2.75) is 58.6 Å². The van der Waals surface area contributed by atoms with E-state index in [2.05, 4.69) is 25.9 Å². The van der Waals surface area contributed by atoms with E-state index in [1.54, 1.807) is 13.3 Å². The Kier molecular flexibility index (Phi) is 4.19. The summed E-state index contributed by atoms with van der Waals surface area (Å²) in [6.45, 7) is 7.31. The molecule has 1 N–H and O–H groups in total. The number of hydrogen-bond acceptors (Lipinski definition) is 3. The molecule has 2 rings (SSSR count). The maximum absolute atomic E-state index is 11.2. The van der Waals surface area contributed by atoms with Gasteiger partial charge < -0.3 is 9.84 Å². The summed E-state index contributed by atoms with van der Waals surface area (Å²) in [5.41, 5.74) is 0.0604. The molecule has 1 fully saturated rings. The lowest BCUT2D eigenvalue weighted by molar-refractivity contribution is -0.0766. The molecule has 1 saturated carbocycles. The summed E-state index contributed by atoms with van der Waals surface area (Å²) in [5.74, 6) is 1.47. The van der Waals surface area contributed by atoms with Crippen molar-refractivity contribution >= 4 is 0 Å². The number of aliphatic hydroxyl groups is 1. The van der Waals surface area contributed by atoms with Crippen molar-refractivity contribution in [3.05, 3.63) is 11.9 Å². The van der Waals surface area contributed by atoms with Gasteiger partial charge in [-0.15, -0.1) is 0 Å². The Morgan fingerprint density at radius 2 is 2.26 bits per heavy atom. The summed E-state index contributed by atoms with van der Waals surface area (Å²) >= 11 is 0. The molecule has 4 heteroatoms. The third-order valence-electron chi connectivity index (χ3n) is 4.70. The van der Waals surface area contributed by atoms with E-state index in [4.69, 9.17) is 4.74 Å². The molecule has 1 aromatic heterocycles. The molecular weight excluding hydrogens is 240 g/mol. The van der Waals surface area contributed by atoms with Gasteiger partial charge in [0.05, 0.1) is 13.3 Å². The van der Waals surface area contributed by atoms with Gasteiger partial charge in [0.15, 0.2) is 5.75 Å². The summed E-state index contributed by atoms with van der Waals surface area (Å²) in [7, 11) is 1.65. The van der Waals surface area contributed by atoms with Crippen LogP contribution < -0.4 is 4.74 Å². The van der Waals surface area contributed by atoms with Crippen LogP contribution in [0.5, 0.6) is 5.75 Å². The van der Waals surface area contributed by atoms with Crippen LogP contribution in [0.4, 0.5) is 0 Å². The number of hydrogen-bond donors (Lipinski definition) is 1. The SMILES string of the molecule is CCCn1ncc(OC)c1C1(O)CCCC(C)C1C. The molecule has 1 aliphatic carbocycles. The quantitative estimate of drug-likeness (QED) is 0.911. The minimum absolute atomic E-state index is 0.224. The molecule has 1 aromatic rings. The monoisotopic (exact) mass is 266 g/mol. The molecular formula is C15H26N2O2. The highest BCUT2D eigenvalue weighted by molar-refractivity contribution is 5.32. The second-order valence-corrected chi connectivity index (χ2v) is 5.87. The second-order valence-electron chi connectivity index (χ2n) is 5.87. The van der Waals surface area contributed by atoms with E-state index in [0.29, 0.717) is 5.92 Å². The fraction of sp³-hybridized carbons (Fsp3) is 0.800. The van der Waals surface area contributed by atoms with Crippen LogP contribution in [0.3, 0.4) is 0 Å². The normalized spacial score (nSPS) is 31.4. The molecule has 108 valence electrons. The van der Waals surface area contributed by atoms with Gasteiger partial charge in [-0.1, -0.05) is 27.2 Å². The lowest BCUT2D eigenvalue weighted by atomic mass is 9.69. The molecule has 3 unspecified atom stereocenters. The number of aryl methyl sites for hydroxylation is 1. The second kappa shape index (κ2) is 5.53. The van der Waals surface area contributed by atoms with Crippen LogP contribution in [0.15, 0.2) is 6.20 Å². The van der Waals surface area contributed by atoms with Crippen molar-refractivity contribution in [2.75, 3.05) is 7.11 Å². The lowest BCUT2D eigenvalue weighted by Crippen LogP contribution is -2.42. The molecule has 3 atom stereocenters. The van der Waals surface area contributed by atoms with Crippen LogP contribution in [-0.2, 0) is 12.1 Å². The van der Waals surface area contributed by atoms with Crippen LogP contribution >= 0.6 is 0 Å². The van der Waals surface area contributed by atoms with Crippen LogP contribution in [0.1, 0.15) is 52.1 Å². The molecule has 0 spiro atoms. The third kappa shape index (κ3) is 2.38. The molecule has 1 heterocycles. The fourth-order valence-corrected chi connectivity index (χ4v) is 3.31. The van der Waals surface area contributed by atoms with Crippen molar-refractivity contribution < 1.29 is 9.84 Å². The zero-order valence-electron chi connectivity index (χ0n) is 12.5. The van der Waals surface area contributed by atoms with Gasteiger partial charge in [-0.05, 0) is 31.1 Å². The van der Waals surface area contributed by atoms with Gasteiger partial charge in [-0.25, -0.2) is 0 Å². The molecule has 19 heavy (non-hydrogen) atoms. The maximum Gasteiger partial charge on any atom is 0.162 e. The van der Waals surface area contributed by atoms with Crippen molar-refractivity contribution in [3.63, 3.8) is 0 Å². The molecule has 0 bridgehead atoms. The number of rotatable bonds is 4. The van der Waals surface area contributed by atoms with Crippen LogP contribution in [0.2, 0.25) is 0 Å². The van der Waals surface area contributed by atoms with Crippen LogP contribution in [0, 0.1) is 11.8 Å². The summed E-state index contributed by atoms with van der Waals surface area (Å²) in [4.78, 5) is 0. The number of methoxy groups -OCH3 is 1. The summed E-state index contributed by atoms with van der Waals surface area (Å²) < 4.78 is 7.35. The highest BCUT2D eigenvalue weighted by Crippen LogP contribution is 2.47. The first-order valence-corrected chi connectivity index (χ1v) is 7.37. The fourth-order valence-electron chi connectivity index (χ4n) is 3.31. The molecule has 4 nitrogen and oxygen atoms in total. The van der Waals surface area contributed by atoms with E-state index in [1.165, 1.54) is 6.42 Å². The Hall–Kier alpha value is -1.03. The molecule has 1 aliphatic rings. The standard InChI is InChI=1S/C15H26N2O2/c1-5-9-17-14(13(19-4)10-16-17)15(18)8-6-7-11(2)12(15)3/h10-12,18H,5-9H2,1-4H3. The predicted octanol–water partition coefficient (Wildman–Crippen LogP) is 2.95. The van der Waals surface area contributed by atoms with Gasteiger partial charge in [-0.3, -0.25) is 4.68 Å². The van der Waals surface area contributed by atoms with Gasteiger partial charge in [-0.2, -0.15) is 5.10 Å². The van der Waals surface area contributed by atoms with Crippen LogP contribution in [-0.4, -0.2) is 22.0 Å². The highest BCUT2D eigenvalue weighted by Gasteiger charge is 2.45. The Bertz CT molecular complexity index is 430. The topological polar surface area (TPSA) is 47.3 Å². The number of nitrogens with zero attached hydrogens (tertiary/aromatic N) is 2. The molecule has 0 radical (unpaired) electrons. The van der Waals surface area contributed by atoms with E-state index < -0.39 is 5.60 Å². The largest absolute Gasteiger partial charge is 0.493 e. The Morgan fingerprint density at radius 3 is 2.89 bits per heavy atom. The van der Waals surface area contributed by atoms with Gasteiger partial charge in [0.1, 0.15) is 11.3 Å². The summed E-state index contributed by atoms with van der Waals surface area (Å²) in [6.07, 6.45) is 5.77. The summed E-state index contributed by atoms with van der Waals surface area (Å²) in [6, 6.07) is 0. The molecule has 0 amide bonds. The first-order valence-electron chi connectivity index (χ1n) is 7.37. The van der Waals surface area contributed by atoms with Crippen molar-refractivity contribution in [2.24, 2.45) is 11.8 Å². The van der Waals surface area contributed by atoms with Crippen molar-refractivity contribution in [3.8, 4) is 5.75 Å². The van der Waals surface area contributed by atoms with Gasteiger partial charge >= 0.3 is 0 Å². The predicted molar refractivity (Wildman–Crippen MR) is 75.1 cm³/mol. The van der Waals surface area contributed by atoms with Gasteiger partial charge in [0, 0.05) is 6.54 Å².